The number of nitrogens with two attached hydrogens (primary N) is 1. The van der Waals surface area contributed by atoms with Crippen LogP contribution in [-0.2, 0) is 5.54 Å². The van der Waals surface area contributed by atoms with Gasteiger partial charge in [0, 0.05) is 4.88 Å². The Balaban J connectivity index is 3.02. The van der Waals surface area contributed by atoms with Crippen molar-refractivity contribution in [3.8, 4) is 0 Å². The number of rotatable bonds is 3. The van der Waals surface area contributed by atoms with Crippen molar-refractivity contribution in [3.63, 3.8) is 0 Å². The molecule has 0 bridgehead atoms. The maximum absolute atomic E-state index is 6.33. The SMILES string of the molecule is CCC(N)(c1ccc(Cl)s1)C(C)C. The molecule has 0 spiro atoms. The van der Waals surface area contributed by atoms with E-state index in [0.29, 0.717) is 5.92 Å². The highest BCUT2D eigenvalue weighted by atomic mass is 35.5. The van der Waals surface area contributed by atoms with E-state index in [0.717, 1.165) is 10.8 Å². The monoisotopic (exact) mass is 217 g/mol. The Hall–Kier alpha value is -0.0500. The molecule has 0 radical (unpaired) electrons. The van der Waals surface area contributed by atoms with Crippen LogP contribution in [0.4, 0.5) is 0 Å². The minimum atomic E-state index is -0.211. The first-order valence-electron chi connectivity index (χ1n) is 4.55. The Morgan fingerprint density at radius 2 is 2.15 bits per heavy atom. The maximum Gasteiger partial charge on any atom is 0.0931 e. The predicted octanol–water partition coefficient (Wildman–Crippen LogP) is 3.62. The molecule has 3 heteroatoms. The zero-order valence-corrected chi connectivity index (χ0v) is 9.88. The van der Waals surface area contributed by atoms with Crippen LogP contribution in [0.25, 0.3) is 0 Å². The Morgan fingerprint density at radius 3 is 2.46 bits per heavy atom. The van der Waals surface area contributed by atoms with E-state index in [1.165, 1.54) is 4.88 Å². The van der Waals surface area contributed by atoms with Crippen molar-refractivity contribution < 1.29 is 0 Å². The van der Waals surface area contributed by atoms with Crippen LogP contribution in [0.1, 0.15) is 32.1 Å². The van der Waals surface area contributed by atoms with Crippen LogP contribution >= 0.6 is 22.9 Å². The molecular formula is C10H16ClNS. The fraction of sp³-hybridized carbons (Fsp3) is 0.600. The van der Waals surface area contributed by atoms with Crippen molar-refractivity contribution in [2.24, 2.45) is 11.7 Å². The Morgan fingerprint density at radius 1 is 1.54 bits per heavy atom. The van der Waals surface area contributed by atoms with Gasteiger partial charge < -0.3 is 5.73 Å². The lowest BCUT2D eigenvalue weighted by Crippen LogP contribution is -2.40. The second-order valence-electron chi connectivity index (χ2n) is 3.65. The first-order valence-corrected chi connectivity index (χ1v) is 5.75. The molecule has 0 aliphatic rings. The molecule has 1 aromatic heterocycles. The van der Waals surface area contributed by atoms with Gasteiger partial charge in [0.1, 0.15) is 0 Å². The Labute approximate surface area is 88.9 Å². The summed E-state index contributed by atoms with van der Waals surface area (Å²) < 4.78 is 0.818. The van der Waals surface area contributed by atoms with Gasteiger partial charge in [-0.1, -0.05) is 32.4 Å². The van der Waals surface area contributed by atoms with Gasteiger partial charge in [-0.2, -0.15) is 0 Å². The van der Waals surface area contributed by atoms with E-state index in [9.17, 15) is 0 Å². The van der Waals surface area contributed by atoms with E-state index >= 15 is 0 Å². The number of hydrogen-bond acceptors (Lipinski definition) is 2. The average Bonchev–Trinajstić information content (AvgIpc) is 2.50. The van der Waals surface area contributed by atoms with Gasteiger partial charge >= 0.3 is 0 Å². The largest absolute Gasteiger partial charge is 0.321 e. The van der Waals surface area contributed by atoms with Gasteiger partial charge in [-0.15, -0.1) is 11.3 Å². The van der Waals surface area contributed by atoms with Crippen molar-refractivity contribution in [3.05, 3.63) is 21.3 Å². The summed E-state index contributed by atoms with van der Waals surface area (Å²) in [5, 5.41) is 0. The smallest absolute Gasteiger partial charge is 0.0931 e. The van der Waals surface area contributed by atoms with Crippen LogP contribution in [0.3, 0.4) is 0 Å². The summed E-state index contributed by atoms with van der Waals surface area (Å²) in [5.74, 6) is 0.437. The van der Waals surface area contributed by atoms with Crippen LogP contribution in [0.2, 0.25) is 4.34 Å². The summed E-state index contributed by atoms with van der Waals surface area (Å²) in [6.45, 7) is 6.42. The van der Waals surface area contributed by atoms with Gasteiger partial charge in [0.15, 0.2) is 0 Å². The highest BCUT2D eigenvalue weighted by Gasteiger charge is 2.30. The van der Waals surface area contributed by atoms with Crippen LogP contribution in [0.15, 0.2) is 12.1 Å². The molecule has 1 heterocycles. The van der Waals surface area contributed by atoms with Gasteiger partial charge in [0.05, 0.1) is 9.88 Å². The third kappa shape index (κ3) is 2.06. The summed E-state index contributed by atoms with van der Waals surface area (Å²) >= 11 is 7.48. The van der Waals surface area contributed by atoms with E-state index in [4.69, 9.17) is 17.3 Å². The second kappa shape index (κ2) is 3.99. The third-order valence-corrected chi connectivity index (χ3v) is 4.07. The van der Waals surface area contributed by atoms with Crippen LogP contribution in [-0.4, -0.2) is 0 Å². The highest BCUT2D eigenvalue weighted by Crippen LogP contribution is 2.36. The average molecular weight is 218 g/mol. The molecule has 1 atom stereocenters. The summed E-state index contributed by atoms with van der Waals surface area (Å²) in [4.78, 5) is 1.19. The lowest BCUT2D eigenvalue weighted by Gasteiger charge is -2.31. The molecule has 1 rings (SSSR count). The van der Waals surface area contributed by atoms with E-state index in [-0.39, 0.29) is 5.54 Å². The quantitative estimate of drug-likeness (QED) is 0.823. The molecule has 0 fully saturated rings. The zero-order valence-electron chi connectivity index (χ0n) is 8.30. The zero-order chi connectivity index (χ0) is 10.1. The molecule has 74 valence electrons. The van der Waals surface area contributed by atoms with Gasteiger partial charge in [-0.3, -0.25) is 0 Å². The lowest BCUT2D eigenvalue weighted by molar-refractivity contribution is 0.312. The maximum atomic E-state index is 6.33. The molecule has 0 saturated heterocycles. The van der Waals surface area contributed by atoms with Crippen LogP contribution in [0, 0.1) is 5.92 Å². The van der Waals surface area contributed by atoms with E-state index in [1.807, 2.05) is 12.1 Å². The van der Waals surface area contributed by atoms with Gasteiger partial charge in [0.25, 0.3) is 0 Å². The summed E-state index contributed by atoms with van der Waals surface area (Å²) in [6.07, 6.45) is 0.946. The molecule has 0 amide bonds. The molecule has 0 aliphatic carbocycles. The van der Waals surface area contributed by atoms with E-state index in [2.05, 4.69) is 20.8 Å². The molecule has 0 aliphatic heterocycles. The molecule has 1 nitrogen and oxygen atoms in total. The molecule has 1 aromatic rings. The first-order chi connectivity index (χ1) is 6.00. The molecule has 0 saturated carbocycles. The van der Waals surface area contributed by atoms with Gasteiger partial charge in [0.2, 0.25) is 0 Å². The van der Waals surface area contributed by atoms with Crippen molar-refractivity contribution in [1.82, 2.24) is 0 Å². The molecule has 13 heavy (non-hydrogen) atoms. The number of halogens is 1. The van der Waals surface area contributed by atoms with Crippen molar-refractivity contribution >= 4 is 22.9 Å². The standard InChI is InChI=1S/C10H16ClNS/c1-4-10(12,7(2)3)8-5-6-9(11)13-8/h5-7H,4,12H2,1-3H3. The number of hydrogen-bond donors (Lipinski definition) is 1. The first kappa shape index (κ1) is 11.0. The number of thiophene rings is 1. The fourth-order valence-electron chi connectivity index (χ4n) is 1.43. The molecule has 1 unspecified atom stereocenters. The van der Waals surface area contributed by atoms with Crippen LogP contribution < -0.4 is 5.73 Å². The Kier molecular flexibility index (Phi) is 3.38. The summed E-state index contributed by atoms with van der Waals surface area (Å²) in [7, 11) is 0. The normalized spacial score (nSPS) is 16.2. The van der Waals surface area contributed by atoms with Gasteiger partial charge in [-0.05, 0) is 24.5 Å². The molecule has 2 N–H and O–H groups in total. The second-order valence-corrected chi connectivity index (χ2v) is 5.37. The van der Waals surface area contributed by atoms with Crippen molar-refractivity contribution in [2.75, 3.05) is 0 Å². The topological polar surface area (TPSA) is 26.0 Å². The Bertz CT molecular complexity index is 282. The van der Waals surface area contributed by atoms with Crippen molar-refractivity contribution in [1.29, 1.82) is 0 Å². The summed E-state index contributed by atoms with van der Waals surface area (Å²) in [5.41, 5.74) is 6.12. The third-order valence-electron chi connectivity index (χ3n) is 2.65. The molecular weight excluding hydrogens is 202 g/mol. The fourth-order valence-corrected chi connectivity index (χ4v) is 2.80. The minimum Gasteiger partial charge on any atom is -0.321 e. The molecule has 0 aromatic carbocycles. The predicted molar refractivity (Wildman–Crippen MR) is 60.3 cm³/mol. The van der Waals surface area contributed by atoms with E-state index in [1.54, 1.807) is 11.3 Å². The minimum absolute atomic E-state index is 0.211. The van der Waals surface area contributed by atoms with Gasteiger partial charge in [-0.25, -0.2) is 0 Å². The van der Waals surface area contributed by atoms with Crippen LogP contribution in [0.5, 0.6) is 0 Å². The van der Waals surface area contributed by atoms with Crippen molar-refractivity contribution in [2.45, 2.75) is 32.7 Å². The summed E-state index contributed by atoms with van der Waals surface area (Å²) in [6, 6.07) is 3.96. The lowest BCUT2D eigenvalue weighted by atomic mass is 9.84. The van der Waals surface area contributed by atoms with E-state index < -0.39 is 0 Å². The highest BCUT2D eigenvalue weighted by molar-refractivity contribution is 7.16.